The normalized spacial score (nSPS) is 12.7. The summed E-state index contributed by atoms with van der Waals surface area (Å²) in [6, 6.07) is 4.37. The first-order valence-electron chi connectivity index (χ1n) is 5.60. The van der Waals surface area contributed by atoms with Crippen molar-refractivity contribution >= 4 is 0 Å². The van der Waals surface area contributed by atoms with E-state index in [0.717, 1.165) is 18.2 Å². The highest BCUT2D eigenvalue weighted by Crippen LogP contribution is 2.24. The van der Waals surface area contributed by atoms with Gasteiger partial charge in [0.05, 0.1) is 11.7 Å². The van der Waals surface area contributed by atoms with E-state index < -0.39 is 17.7 Å². The van der Waals surface area contributed by atoms with Crippen molar-refractivity contribution in [3.8, 4) is 0 Å². The summed E-state index contributed by atoms with van der Waals surface area (Å²) < 4.78 is 28.6. The second-order valence-electron chi connectivity index (χ2n) is 3.84. The largest absolute Gasteiger partial charge is 0.271 e. The standard InChI is InChI=1S/C12H14F2N4/c1-2-18-11(5-6-16-18)12(17-15)9-7-8(13)3-4-10(9)14/h3-7,12,17H,2,15H2,1H3. The van der Waals surface area contributed by atoms with E-state index >= 15 is 0 Å². The summed E-state index contributed by atoms with van der Waals surface area (Å²) in [5.74, 6) is 4.44. The molecule has 6 heteroatoms. The Bertz CT molecular complexity index is 539. The first-order valence-corrected chi connectivity index (χ1v) is 5.60. The van der Waals surface area contributed by atoms with Crippen LogP contribution < -0.4 is 11.3 Å². The van der Waals surface area contributed by atoms with Crippen LogP contribution in [-0.2, 0) is 6.54 Å². The molecule has 1 unspecified atom stereocenters. The van der Waals surface area contributed by atoms with Gasteiger partial charge >= 0.3 is 0 Å². The number of rotatable bonds is 4. The third kappa shape index (κ3) is 2.25. The smallest absolute Gasteiger partial charge is 0.128 e. The summed E-state index contributed by atoms with van der Waals surface area (Å²) in [6.45, 7) is 2.53. The molecular weight excluding hydrogens is 238 g/mol. The molecule has 0 radical (unpaired) electrons. The SMILES string of the molecule is CCn1nccc1C(NN)c1cc(F)ccc1F. The molecule has 0 spiro atoms. The van der Waals surface area contributed by atoms with Gasteiger partial charge in [-0.1, -0.05) is 0 Å². The lowest BCUT2D eigenvalue weighted by Gasteiger charge is -2.18. The number of nitrogens with two attached hydrogens (primary N) is 1. The number of benzene rings is 1. The fourth-order valence-electron chi connectivity index (χ4n) is 1.92. The van der Waals surface area contributed by atoms with Crippen LogP contribution in [0.15, 0.2) is 30.5 Å². The lowest BCUT2D eigenvalue weighted by molar-refractivity contribution is 0.509. The molecule has 3 N–H and O–H groups in total. The Morgan fingerprint density at radius 3 is 2.83 bits per heavy atom. The van der Waals surface area contributed by atoms with Gasteiger partial charge in [0.1, 0.15) is 11.6 Å². The Hall–Kier alpha value is -1.79. The zero-order valence-corrected chi connectivity index (χ0v) is 9.90. The third-order valence-electron chi connectivity index (χ3n) is 2.78. The zero-order chi connectivity index (χ0) is 13.1. The topological polar surface area (TPSA) is 55.9 Å². The lowest BCUT2D eigenvalue weighted by Crippen LogP contribution is -2.31. The highest BCUT2D eigenvalue weighted by molar-refractivity contribution is 5.29. The van der Waals surface area contributed by atoms with Gasteiger partial charge in [0.15, 0.2) is 0 Å². The maximum Gasteiger partial charge on any atom is 0.128 e. The Morgan fingerprint density at radius 2 is 2.17 bits per heavy atom. The Balaban J connectivity index is 2.48. The minimum atomic E-state index is -0.636. The minimum Gasteiger partial charge on any atom is -0.271 e. The van der Waals surface area contributed by atoms with E-state index in [9.17, 15) is 8.78 Å². The maximum atomic E-state index is 13.7. The van der Waals surface area contributed by atoms with Crippen LogP contribution in [0.2, 0.25) is 0 Å². The molecule has 1 heterocycles. The molecular formula is C12H14F2N4. The van der Waals surface area contributed by atoms with Crippen molar-refractivity contribution in [3.63, 3.8) is 0 Å². The first kappa shape index (κ1) is 12.7. The maximum absolute atomic E-state index is 13.7. The van der Waals surface area contributed by atoms with Gasteiger partial charge in [-0.25, -0.2) is 14.2 Å². The Kier molecular flexibility index (Phi) is 3.69. The van der Waals surface area contributed by atoms with E-state index in [0.29, 0.717) is 12.2 Å². The van der Waals surface area contributed by atoms with E-state index in [1.807, 2.05) is 6.92 Å². The molecule has 0 saturated heterocycles. The molecule has 0 saturated carbocycles. The van der Waals surface area contributed by atoms with Gasteiger partial charge in [0.2, 0.25) is 0 Å². The summed E-state index contributed by atoms with van der Waals surface area (Å²) in [5, 5.41) is 4.09. The van der Waals surface area contributed by atoms with Crippen molar-refractivity contribution in [2.45, 2.75) is 19.5 Å². The summed E-state index contributed by atoms with van der Waals surface area (Å²) in [4.78, 5) is 0. The molecule has 0 amide bonds. The number of hydrogen-bond acceptors (Lipinski definition) is 3. The van der Waals surface area contributed by atoms with Gasteiger partial charge in [-0.2, -0.15) is 5.10 Å². The summed E-state index contributed by atoms with van der Waals surface area (Å²) in [6.07, 6.45) is 1.60. The summed E-state index contributed by atoms with van der Waals surface area (Å²) in [7, 11) is 0. The van der Waals surface area contributed by atoms with Crippen LogP contribution in [0.25, 0.3) is 0 Å². The number of hydrazine groups is 1. The van der Waals surface area contributed by atoms with Crippen molar-refractivity contribution < 1.29 is 8.78 Å². The molecule has 0 aliphatic rings. The highest BCUT2D eigenvalue weighted by Gasteiger charge is 2.20. The van der Waals surface area contributed by atoms with Crippen LogP contribution in [0.1, 0.15) is 24.2 Å². The first-order chi connectivity index (χ1) is 8.67. The molecule has 0 fully saturated rings. The molecule has 0 aliphatic carbocycles. The molecule has 4 nitrogen and oxygen atoms in total. The van der Waals surface area contributed by atoms with Crippen molar-refractivity contribution in [1.29, 1.82) is 0 Å². The number of nitrogens with one attached hydrogen (secondary N) is 1. The molecule has 1 atom stereocenters. The highest BCUT2D eigenvalue weighted by atomic mass is 19.1. The monoisotopic (exact) mass is 252 g/mol. The molecule has 0 bridgehead atoms. The number of nitrogens with zero attached hydrogens (tertiary/aromatic N) is 2. The Morgan fingerprint density at radius 1 is 1.39 bits per heavy atom. The quantitative estimate of drug-likeness (QED) is 0.643. The molecule has 1 aromatic heterocycles. The predicted octanol–water partition coefficient (Wildman–Crippen LogP) is 1.73. The van der Waals surface area contributed by atoms with Gasteiger partial charge in [-0.05, 0) is 31.2 Å². The second-order valence-corrected chi connectivity index (χ2v) is 3.84. The van der Waals surface area contributed by atoms with Crippen molar-refractivity contribution in [2.24, 2.45) is 5.84 Å². The number of aryl methyl sites for hydroxylation is 1. The lowest BCUT2D eigenvalue weighted by atomic mass is 10.0. The van der Waals surface area contributed by atoms with E-state index in [2.05, 4.69) is 10.5 Å². The molecule has 96 valence electrons. The Labute approximate surface area is 103 Å². The van der Waals surface area contributed by atoms with Gasteiger partial charge < -0.3 is 0 Å². The molecule has 0 aliphatic heterocycles. The van der Waals surface area contributed by atoms with Crippen LogP contribution in [-0.4, -0.2) is 9.78 Å². The van der Waals surface area contributed by atoms with E-state index in [1.165, 1.54) is 0 Å². The van der Waals surface area contributed by atoms with Gasteiger partial charge in [0, 0.05) is 18.3 Å². The van der Waals surface area contributed by atoms with Gasteiger partial charge in [0.25, 0.3) is 0 Å². The number of halogens is 2. The van der Waals surface area contributed by atoms with Crippen LogP contribution in [0.4, 0.5) is 8.78 Å². The zero-order valence-electron chi connectivity index (χ0n) is 9.90. The minimum absolute atomic E-state index is 0.160. The van der Waals surface area contributed by atoms with Crippen LogP contribution >= 0.6 is 0 Å². The molecule has 1 aromatic carbocycles. The van der Waals surface area contributed by atoms with Crippen molar-refractivity contribution in [3.05, 3.63) is 53.4 Å². The molecule has 2 aromatic rings. The van der Waals surface area contributed by atoms with Crippen LogP contribution in [0.5, 0.6) is 0 Å². The average molecular weight is 252 g/mol. The molecule has 2 rings (SSSR count). The van der Waals surface area contributed by atoms with Gasteiger partial charge in [-0.15, -0.1) is 0 Å². The summed E-state index contributed by atoms with van der Waals surface area (Å²) >= 11 is 0. The van der Waals surface area contributed by atoms with E-state index in [4.69, 9.17) is 5.84 Å². The average Bonchev–Trinajstić information content (AvgIpc) is 2.83. The van der Waals surface area contributed by atoms with Gasteiger partial charge in [-0.3, -0.25) is 10.5 Å². The number of aromatic nitrogens is 2. The fourth-order valence-corrected chi connectivity index (χ4v) is 1.92. The van der Waals surface area contributed by atoms with Crippen molar-refractivity contribution in [2.75, 3.05) is 0 Å². The number of hydrogen-bond donors (Lipinski definition) is 2. The second kappa shape index (κ2) is 5.24. The van der Waals surface area contributed by atoms with Crippen LogP contribution in [0.3, 0.4) is 0 Å². The van der Waals surface area contributed by atoms with E-state index in [-0.39, 0.29) is 5.56 Å². The van der Waals surface area contributed by atoms with E-state index in [1.54, 1.807) is 16.9 Å². The fraction of sp³-hybridized carbons (Fsp3) is 0.250. The summed E-state index contributed by atoms with van der Waals surface area (Å²) in [5.41, 5.74) is 3.34. The predicted molar refractivity (Wildman–Crippen MR) is 63.4 cm³/mol. The van der Waals surface area contributed by atoms with Crippen molar-refractivity contribution in [1.82, 2.24) is 15.2 Å². The third-order valence-corrected chi connectivity index (χ3v) is 2.78. The molecule has 18 heavy (non-hydrogen) atoms. The van der Waals surface area contributed by atoms with Crippen LogP contribution in [0, 0.1) is 11.6 Å².